The van der Waals surface area contributed by atoms with Gasteiger partial charge in [0, 0.05) is 47.0 Å². The van der Waals surface area contributed by atoms with Gasteiger partial charge in [-0.1, -0.05) is 27.7 Å². The van der Waals surface area contributed by atoms with Gasteiger partial charge in [-0.15, -0.1) is 11.3 Å². The van der Waals surface area contributed by atoms with Gasteiger partial charge in [-0.3, -0.25) is 0 Å². The number of nitrogens with one attached hydrogen (secondary N) is 1. The first-order valence-electron chi connectivity index (χ1n) is 8.03. The van der Waals surface area contributed by atoms with Crippen LogP contribution in [0.4, 0.5) is 5.13 Å². The molecule has 3 nitrogen and oxygen atoms in total. The molecule has 0 bridgehead atoms. The summed E-state index contributed by atoms with van der Waals surface area (Å²) < 4.78 is 0. The smallest absolute Gasteiger partial charge is 0.185 e. The Bertz CT molecular complexity index is 488. The van der Waals surface area contributed by atoms with Crippen LogP contribution in [0.15, 0.2) is 0 Å². The lowest BCUT2D eigenvalue weighted by Gasteiger charge is -2.30. The topological polar surface area (TPSA) is 28.2 Å². The molecule has 3 rings (SSSR count). The van der Waals surface area contributed by atoms with Crippen LogP contribution >= 0.6 is 23.1 Å². The Morgan fingerprint density at radius 2 is 2.10 bits per heavy atom. The second kappa shape index (κ2) is 6.09. The minimum absolute atomic E-state index is 0.130. The van der Waals surface area contributed by atoms with Crippen molar-refractivity contribution in [2.24, 2.45) is 0 Å². The quantitative estimate of drug-likeness (QED) is 0.915. The van der Waals surface area contributed by atoms with Crippen molar-refractivity contribution in [3.8, 4) is 0 Å². The van der Waals surface area contributed by atoms with Gasteiger partial charge in [-0.25, -0.2) is 4.98 Å². The molecule has 118 valence electrons. The highest BCUT2D eigenvalue weighted by Gasteiger charge is 2.28. The van der Waals surface area contributed by atoms with E-state index in [1.165, 1.54) is 34.3 Å². The molecule has 2 heterocycles. The molecular formula is C16H27N3S2. The second-order valence-corrected chi connectivity index (χ2v) is 9.91. The monoisotopic (exact) mass is 325 g/mol. The highest BCUT2D eigenvalue weighted by molar-refractivity contribution is 8.00. The van der Waals surface area contributed by atoms with Crippen molar-refractivity contribution in [1.82, 2.24) is 10.3 Å². The summed E-state index contributed by atoms with van der Waals surface area (Å²) in [4.78, 5) is 8.96. The Labute approximate surface area is 136 Å². The summed E-state index contributed by atoms with van der Waals surface area (Å²) in [6.07, 6.45) is 2.69. The van der Waals surface area contributed by atoms with Crippen molar-refractivity contribution >= 4 is 28.2 Å². The van der Waals surface area contributed by atoms with Crippen LogP contribution in [0.3, 0.4) is 0 Å². The third-order valence-electron chi connectivity index (χ3n) is 4.04. The van der Waals surface area contributed by atoms with Crippen molar-refractivity contribution < 1.29 is 0 Å². The Kier molecular flexibility index (Phi) is 4.53. The molecule has 0 spiro atoms. The maximum absolute atomic E-state index is 5.03. The average Bonchev–Trinajstić information content (AvgIpc) is 3.13. The van der Waals surface area contributed by atoms with Crippen LogP contribution in [0.2, 0.25) is 0 Å². The van der Waals surface area contributed by atoms with Gasteiger partial charge in [0.05, 0.1) is 5.69 Å². The summed E-state index contributed by atoms with van der Waals surface area (Å²) in [6, 6.07) is 0.759. The lowest BCUT2D eigenvalue weighted by molar-refractivity contribution is 0.558. The van der Waals surface area contributed by atoms with Gasteiger partial charge in [0.1, 0.15) is 0 Å². The molecule has 0 amide bonds. The molecule has 1 aromatic rings. The Morgan fingerprint density at radius 3 is 2.71 bits per heavy atom. The van der Waals surface area contributed by atoms with Gasteiger partial charge in [-0.05, 0) is 12.8 Å². The maximum Gasteiger partial charge on any atom is 0.185 e. The Morgan fingerprint density at radius 1 is 1.33 bits per heavy atom. The molecule has 1 aliphatic heterocycles. The summed E-state index contributed by atoms with van der Waals surface area (Å²) in [6.45, 7) is 12.4. The summed E-state index contributed by atoms with van der Waals surface area (Å²) in [5.74, 6) is 1.22. The van der Waals surface area contributed by atoms with E-state index in [0.29, 0.717) is 5.25 Å². The van der Waals surface area contributed by atoms with Crippen molar-refractivity contribution in [1.29, 1.82) is 0 Å². The Balaban J connectivity index is 1.80. The Hall–Kier alpha value is -0.260. The molecular weight excluding hydrogens is 298 g/mol. The first-order valence-corrected chi connectivity index (χ1v) is 9.90. The second-order valence-electron chi connectivity index (χ2n) is 7.30. The number of aromatic nitrogens is 1. The van der Waals surface area contributed by atoms with Gasteiger partial charge in [-0.2, -0.15) is 11.8 Å². The molecule has 1 N–H and O–H groups in total. The van der Waals surface area contributed by atoms with E-state index in [1.807, 2.05) is 11.3 Å². The molecule has 0 radical (unpaired) electrons. The van der Waals surface area contributed by atoms with Gasteiger partial charge in [0.25, 0.3) is 0 Å². The number of thiazole rings is 1. The molecule has 2 fully saturated rings. The highest BCUT2D eigenvalue weighted by atomic mass is 32.2. The molecule has 5 heteroatoms. The van der Waals surface area contributed by atoms with E-state index in [0.717, 1.165) is 25.7 Å². The fourth-order valence-electron chi connectivity index (χ4n) is 2.70. The number of nitrogens with zero attached hydrogens (tertiary/aromatic N) is 2. The zero-order chi connectivity index (χ0) is 15.0. The van der Waals surface area contributed by atoms with E-state index in [9.17, 15) is 0 Å². The third kappa shape index (κ3) is 3.93. The molecule has 2 aliphatic rings. The lowest BCUT2D eigenvalue weighted by Crippen LogP contribution is -2.36. The predicted octanol–water partition coefficient (Wildman–Crippen LogP) is 3.63. The minimum atomic E-state index is 0.130. The normalized spacial score (nSPS) is 23.6. The van der Waals surface area contributed by atoms with E-state index in [2.05, 4.69) is 49.7 Å². The molecule has 1 atom stereocenters. The van der Waals surface area contributed by atoms with Crippen LogP contribution in [0.5, 0.6) is 0 Å². The van der Waals surface area contributed by atoms with Crippen molar-refractivity contribution in [2.75, 3.05) is 23.7 Å². The summed E-state index contributed by atoms with van der Waals surface area (Å²) in [5.41, 5.74) is 1.42. The van der Waals surface area contributed by atoms with E-state index < -0.39 is 0 Å². The fourth-order valence-corrected chi connectivity index (χ4v) is 4.97. The largest absolute Gasteiger partial charge is 0.346 e. The van der Waals surface area contributed by atoms with E-state index in [1.54, 1.807) is 0 Å². The maximum atomic E-state index is 5.03. The summed E-state index contributed by atoms with van der Waals surface area (Å²) >= 11 is 3.99. The molecule has 1 aliphatic carbocycles. The van der Waals surface area contributed by atoms with Crippen molar-refractivity contribution in [3.05, 3.63) is 10.6 Å². The number of hydrogen-bond donors (Lipinski definition) is 1. The van der Waals surface area contributed by atoms with Gasteiger partial charge in [0.15, 0.2) is 5.13 Å². The zero-order valence-corrected chi connectivity index (χ0v) is 15.2. The van der Waals surface area contributed by atoms with Crippen molar-refractivity contribution in [3.63, 3.8) is 0 Å². The zero-order valence-electron chi connectivity index (χ0n) is 13.6. The minimum Gasteiger partial charge on any atom is -0.346 e. The molecule has 1 unspecified atom stereocenters. The van der Waals surface area contributed by atoms with Crippen LogP contribution < -0.4 is 10.2 Å². The number of rotatable bonds is 4. The van der Waals surface area contributed by atoms with Crippen LogP contribution in [-0.2, 0) is 12.0 Å². The van der Waals surface area contributed by atoms with E-state index in [-0.39, 0.29) is 5.41 Å². The van der Waals surface area contributed by atoms with E-state index in [4.69, 9.17) is 4.98 Å². The van der Waals surface area contributed by atoms with Gasteiger partial charge >= 0.3 is 0 Å². The summed E-state index contributed by atoms with van der Waals surface area (Å²) in [7, 11) is 0. The fraction of sp³-hybridized carbons (Fsp3) is 0.812. The van der Waals surface area contributed by atoms with Crippen LogP contribution in [0, 0.1) is 0 Å². The van der Waals surface area contributed by atoms with E-state index >= 15 is 0 Å². The predicted molar refractivity (Wildman–Crippen MR) is 94.8 cm³/mol. The molecule has 1 saturated carbocycles. The lowest BCUT2D eigenvalue weighted by atomic mass is 9.91. The molecule has 0 aromatic carbocycles. The highest BCUT2D eigenvalue weighted by Crippen LogP contribution is 2.36. The van der Waals surface area contributed by atoms with Crippen molar-refractivity contribution in [2.45, 2.75) is 63.8 Å². The molecule has 21 heavy (non-hydrogen) atoms. The summed E-state index contributed by atoms with van der Waals surface area (Å²) in [5, 5.41) is 5.61. The SMILES string of the molecule is CC1CN(c2nc(C(C)(C)C)c(CNC3CC3)s2)CCS1. The van der Waals surface area contributed by atoms with Gasteiger partial charge < -0.3 is 10.2 Å². The first-order chi connectivity index (χ1) is 9.93. The third-order valence-corrected chi connectivity index (χ3v) is 6.29. The standard InChI is InChI=1S/C16H27N3S2/c1-11-10-19(7-8-20-11)15-18-14(16(2,3)4)13(21-15)9-17-12-5-6-12/h11-12,17H,5-10H2,1-4H3. The number of thioether (sulfide) groups is 1. The van der Waals surface area contributed by atoms with Crippen LogP contribution in [0.25, 0.3) is 0 Å². The molecule has 1 saturated heterocycles. The van der Waals surface area contributed by atoms with Crippen LogP contribution in [-0.4, -0.2) is 35.1 Å². The number of hydrogen-bond acceptors (Lipinski definition) is 5. The first kappa shape index (κ1) is 15.6. The average molecular weight is 326 g/mol. The van der Waals surface area contributed by atoms with Gasteiger partial charge in [0.2, 0.25) is 0 Å². The van der Waals surface area contributed by atoms with Crippen LogP contribution in [0.1, 0.15) is 51.1 Å². The molecule has 1 aromatic heterocycles. The number of anilines is 1.